The van der Waals surface area contributed by atoms with E-state index in [-0.39, 0.29) is 0 Å². The highest BCUT2D eigenvalue weighted by atomic mass is 14.0. The molecule has 1 rings (SSSR count). The average Bonchev–Trinajstić information content (AvgIpc) is 2.44. The van der Waals surface area contributed by atoms with Gasteiger partial charge in [-0.2, -0.15) is 0 Å². The van der Waals surface area contributed by atoms with Gasteiger partial charge >= 0.3 is 0 Å². The van der Waals surface area contributed by atoms with Crippen molar-refractivity contribution in [1.82, 2.24) is 0 Å². The summed E-state index contributed by atoms with van der Waals surface area (Å²) in [5, 5.41) is 0. The predicted octanol–water partition coefficient (Wildman–Crippen LogP) is 6.25. The van der Waals surface area contributed by atoms with Crippen LogP contribution in [0.5, 0.6) is 0 Å². The van der Waals surface area contributed by atoms with E-state index in [1.807, 2.05) is 27.7 Å². The monoisotopic (exact) mass is 236 g/mol. The first-order chi connectivity index (χ1) is 8.43. The Morgan fingerprint density at radius 1 is 0.706 bits per heavy atom. The first kappa shape index (κ1) is 18.6. The number of benzene rings is 1. The number of unbranched alkanes of at least 4 members (excludes halogenated alkanes) is 4. The van der Waals surface area contributed by atoms with E-state index >= 15 is 0 Å². The fourth-order valence-electron chi connectivity index (χ4n) is 1.58. The molecule has 0 heteroatoms. The second kappa shape index (κ2) is 17.6. The van der Waals surface area contributed by atoms with Crippen molar-refractivity contribution in [3.05, 3.63) is 35.9 Å². The maximum absolute atomic E-state index is 2.26. The van der Waals surface area contributed by atoms with Gasteiger partial charge in [0.1, 0.15) is 0 Å². The molecule has 0 aliphatic heterocycles. The van der Waals surface area contributed by atoms with Crippen molar-refractivity contribution in [1.29, 1.82) is 0 Å². The van der Waals surface area contributed by atoms with Crippen LogP contribution in [0.4, 0.5) is 0 Å². The van der Waals surface area contributed by atoms with Crippen molar-refractivity contribution < 1.29 is 0 Å². The summed E-state index contributed by atoms with van der Waals surface area (Å²) in [5.41, 5.74) is 1.49. The standard InChI is InChI=1S/C13H20.2C2H6/c1-2-3-4-5-7-10-13-11-8-6-9-12-13;2*1-2/h6,8-9,11-12H,2-5,7,10H2,1H3;2*1-2H3. The fraction of sp³-hybridized carbons (Fsp3) is 0.647. The number of hydrogen-bond acceptors (Lipinski definition) is 0. The van der Waals surface area contributed by atoms with E-state index < -0.39 is 0 Å². The van der Waals surface area contributed by atoms with Crippen molar-refractivity contribution in [2.24, 2.45) is 0 Å². The first-order valence-electron chi connectivity index (χ1n) is 7.47. The minimum Gasteiger partial charge on any atom is -0.0683 e. The van der Waals surface area contributed by atoms with Gasteiger partial charge in [0.15, 0.2) is 0 Å². The summed E-state index contributed by atoms with van der Waals surface area (Å²) in [6.45, 7) is 10.3. The fourth-order valence-corrected chi connectivity index (χ4v) is 1.58. The molecule has 0 amide bonds. The highest BCUT2D eigenvalue weighted by Crippen LogP contribution is 2.08. The zero-order valence-corrected chi connectivity index (χ0v) is 12.6. The Labute approximate surface area is 109 Å². The largest absolute Gasteiger partial charge is 0.0683 e. The van der Waals surface area contributed by atoms with E-state index in [9.17, 15) is 0 Å². The van der Waals surface area contributed by atoms with E-state index in [4.69, 9.17) is 0 Å². The van der Waals surface area contributed by atoms with Gasteiger partial charge in [0, 0.05) is 0 Å². The normalized spacial score (nSPS) is 8.53. The van der Waals surface area contributed by atoms with E-state index in [1.54, 1.807) is 0 Å². The Kier molecular flexibility index (Phi) is 19.2. The summed E-state index contributed by atoms with van der Waals surface area (Å²) in [5.74, 6) is 0. The van der Waals surface area contributed by atoms with Crippen molar-refractivity contribution in [3.8, 4) is 0 Å². The zero-order chi connectivity index (χ0) is 13.4. The molecule has 0 aromatic heterocycles. The Bertz CT molecular complexity index is 201. The molecule has 0 saturated carbocycles. The van der Waals surface area contributed by atoms with Gasteiger partial charge in [-0.1, -0.05) is 90.6 Å². The minimum atomic E-state index is 1.25. The Hall–Kier alpha value is -0.780. The highest BCUT2D eigenvalue weighted by molar-refractivity contribution is 5.14. The zero-order valence-electron chi connectivity index (χ0n) is 12.6. The van der Waals surface area contributed by atoms with Crippen LogP contribution in [0.25, 0.3) is 0 Å². The molecule has 0 aliphatic carbocycles. The molecule has 0 unspecified atom stereocenters. The second-order valence-corrected chi connectivity index (χ2v) is 3.65. The molecule has 100 valence electrons. The molecular weight excluding hydrogens is 204 g/mol. The van der Waals surface area contributed by atoms with E-state index in [0.29, 0.717) is 0 Å². The van der Waals surface area contributed by atoms with E-state index in [1.165, 1.54) is 44.1 Å². The van der Waals surface area contributed by atoms with Gasteiger partial charge in [-0.25, -0.2) is 0 Å². The number of aryl methyl sites for hydroxylation is 1. The summed E-state index contributed by atoms with van der Waals surface area (Å²) >= 11 is 0. The Morgan fingerprint density at radius 2 is 1.24 bits per heavy atom. The molecule has 0 spiro atoms. The quantitative estimate of drug-likeness (QED) is 0.512. The molecule has 0 fully saturated rings. The highest BCUT2D eigenvalue weighted by Gasteiger charge is 1.91. The lowest BCUT2D eigenvalue weighted by atomic mass is 10.1. The second-order valence-electron chi connectivity index (χ2n) is 3.65. The lowest BCUT2D eigenvalue weighted by molar-refractivity contribution is 0.632. The lowest BCUT2D eigenvalue weighted by Gasteiger charge is -2.00. The van der Waals surface area contributed by atoms with Gasteiger partial charge in [-0.3, -0.25) is 0 Å². The molecule has 0 aliphatic rings. The molecule has 1 aromatic rings. The maximum Gasteiger partial charge on any atom is -0.0279 e. The Balaban J connectivity index is 0. The van der Waals surface area contributed by atoms with Crippen molar-refractivity contribution in [2.75, 3.05) is 0 Å². The van der Waals surface area contributed by atoms with Crippen LogP contribution in [0, 0.1) is 0 Å². The van der Waals surface area contributed by atoms with Crippen LogP contribution in [0.3, 0.4) is 0 Å². The molecule has 0 heterocycles. The number of rotatable bonds is 6. The van der Waals surface area contributed by atoms with Crippen LogP contribution in [0.1, 0.15) is 72.3 Å². The molecular formula is C17H32. The molecule has 0 radical (unpaired) electrons. The molecule has 0 saturated heterocycles. The third kappa shape index (κ3) is 13.2. The van der Waals surface area contributed by atoms with Gasteiger partial charge in [0.2, 0.25) is 0 Å². The van der Waals surface area contributed by atoms with Crippen LogP contribution in [-0.4, -0.2) is 0 Å². The summed E-state index contributed by atoms with van der Waals surface area (Å²) in [4.78, 5) is 0. The van der Waals surface area contributed by atoms with Crippen LogP contribution in [0.2, 0.25) is 0 Å². The third-order valence-corrected chi connectivity index (χ3v) is 2.41. The predicted molar refractivity (Wildman–Crippen MR) is 81.6 cm³/mol. The first-order valence-corrected chi connectivity index (χ1v) is 7.47. The van der Waals surface area contributed by atoms with Crippen molar-refractivity contribution in [3.63, 3.8) is 0 Å². The SMILES string of the molecule is CC.CC.CCCCCCCc1ccccc1. The lowest BCUT2D eigenvalue weighted by Crippen LogP contribution is -1.84. The van der Waals surface area contributed by atoms with Crippen molar-refractivity contribution >= 4 is 0 Å². The smallest absolute Gasteiger partial charge is 0.0279 e. The van der Waals surface area contributed by atoms with Gasteiger partial charge < -0.3 is 0 Å². The molecule has 0 nitrogen and oxygen atoms in total. The maximum atomic E-state index is 2.26. The van der Waals surface area contributed by atoms with Crippen LogP contribution < -0.4 is 0 Å². The van der Waals surface area contributed by atoms with Crippen molar-refractivity contribution in [2.45, 2.75) is 73.1 Å². The molecule has 0 atom stereocenters. The topological polar surface area (TPSA) is 0 Å². The Morgan fingerprint density at radius 3 is 1.76 bits per heavy atom. The van der Waals surface area contributed by atoms with Gasteiger partial charge in [-0.05, 0) is 18.4 Å². The molecule has 0 N–H and O–H groups in total. The summed E-state index contributed by atoms with van der Waals surface area (Å²) in [6.07, 6.45) is 8.14. The van der Waals surface area contributed by atoms with Gasteiger partial charge in [0.25, 0.3) is 0 Å². The summed E-state index contributed by atoms with van der Waals surface area (Å²) in [7, 11) is 0. The molecule has 0 bridgehead atoms. The molecule has 1 aromatic carbocycles. The third-order valence-electron chi connectivity index (χ3n) is 2.41. The van der Waals surface area contributed by atoms with Crippen LogP contribution >= 0.6 is 0 Å². The minimum absolute atomic E-state index is 1.25. The summed E-state index contributed by atoms with van der Waals surface area (Å²) < 4.78 is 0. The van der Waals surface area contributed by atoms with E-state index in [0.717, 1.165) is 0 Å². The average molecular weight is 236 g/mol. The number of hydrogen-bond donors (Lipinski definition) is 0. The molecule has 17 heavy (non-hydrogen) atoms. The van der Waals surface area contributed by atoms with Crippen LogP contribution in [0.15, 0.2) is 30.3 Å². The van der Waals surface area contributed by atoms with E-state index in [2.05, 4.69) is 37.3 Å². The van der Waals surface area contributed by atoms with Gasteiger partial charge in [0.05, 0.1) is 0 Å². The van der Waals surface area contributed by atoms with Gasteiger partial charge in [-0.15, -0.1) is 0 Å². The van der Waals surface area contributed by atoms with Crippen LogP contribution in [-0.2, 0) is 6.42 Å². The summed E-state index contributed by atoms with van der Waals surface area (Å²) in [6, 6.07) is 10.8.